The Balaban J connectivity index is 1.69. The predicted octanol–water partition coefficient (Wildman–Crippen LogP) is 5.39. The van der Waals surface area contributed by atoms with Crippen LogP contribution in [0.4, 0.5) is 0 Å². The van der Waals surface area contributed by atoms with Crippen molar-refractivity contribution in [3.63, 3.8) is 0 Å². The molecule has 1 aromatic heterocycles. The summed E-state index contributed by atoms with van der Waals surface area (Å²) in [6.07, 6.45) is 8.31. The fourth-order valence-corrected chi connectivity index (χ4v) is 5.23. The topological polar surface area (TPSA) is 35.4 Å². The highest BCUT2D eigenvalue weighted by atomic mass is 32.2. The smallest absolute Gasteiger partial charge is 0.190 e. The van der Waals surface area contributed by atoms with E-state index in [1.807, 2.05) is 17.8 Å². The van der Waals surface area contributed by atoms with Gasteiger partial charge in [0.1, 0.15) is 0 Å². The van der Waals surface area contributed by atoms with Gasteiger partial charge in [-0.2, -0.15) is 0 Å². The lowest BCUT2D eigenvalue weighted by Crippen LogP contribution is -2.32. The van der Waals surface area contributed by atoms with Crippen LogP contribution in [0.25, 0.3) is 5.69 Å². The molecule has 2 heterocycles. The molecule has 1 aromatic carbocycles. The van der Waals surface area contributed by atoms with Crippen molar-refractivity contribution in [2.24, 2.45) is 0 Å². The largest absolute Gasteiger partial charge is 0.349 e. The van der Waals surface area contributed by atoms with Gasteiger partial charge in [0.2, 0.25) is 0 Å². The Labute approximate surface area is 178 Å². The summed E-state index contributed by atoms with van der Waals surface area (Å²) < 4.78 is 13.6. The Bertz CT molecular complexity index is 927. The Morgan fingerprint density at radius 3 is 2.69 bits per heavy atom. The third-order valence-corrected chi connectivity index (χ3v) is 7.35. The first-order valence-electron chi connectivity index (χ1n) is 10.3. The van der Waals surface area contributed by atoms with Gasteiger partial charge in [-0.15, -0.1) is 11.8 Å². The summed E-state index contributed by atoms with van der Waals surface area (Å²) in [5.41, 5.74) is 5.21. The molecule has 0 bridgehead atoms. The molecule has 4 nitrogen and oxygen atoms in total. The molecule has 4 rings (SSSR count). The molecule has 1 aliphatic heterocycles. The second-order valence-corrected chi connectivity index (χ2v) is 8.85. The van der Waals surface area contributed by atoms with Gasteiger partial charge in [-0.05, 0) is 49.3 Å². The predicted molar refractivity (Wildman–Crippen MR) is 120 cm³/mol. The number of ether oxygens (including phenoxy) is 2. The highest BCUT2D eigenvalue weighted by Crippen LogP contribution is 2.49. The van der Waals surface area contributed by atoms with E-state index >= 15 is 0 Å². The summed E-state index contributed by atoms with van der Waals surface area (Å²) in [4.78, 5) is 1.32. The number of thioether (sulfide) groups is 1. The quantitative estimate of drug-likeness (QED) is 0.621. The van der Waals surface area contributed by atoms with Crippen molar-refractivity contribution in [3.8, 4) is 5.69 Å². The number of benzene rings is 1. The molecule has 5 heteroatoms. The molecular weight excluding hydrogens is 380 g/mol. The molecular formula is C24H30N2O2S. The zero-order valence-corrected chi connectivity index (χ0v) is 18.5. The van der Waals surface area contributed by atoms with Crippen LogP contribution in [0.2, 0.25) is 0 Å². The van der Waals surface area contributed by atoms with E-state index in [4.69, 9.17) is 9.47 Å². The number of hydrogen-bond acceptors (Lipinski definition) is 4. The van der Waals surface area contributed by atoms with Crippen LogP contribution in [-0.4, -0.2) is 30.6 Å². The molecule has 2 aliphatic rings. The van der Waals surface area contributed by atoms with Gasteiger partial charge in [-0.3, -0.25) is 0 Å². The second kappa shape index (κ2) is 8.52. The molecule has 0 saturated heterocycles. The van der Waals surface area contributed by atoms with Crippen LogP contribution in [0.1, 0.15) is 43.3 Å². The van der Waals surface area contributed by atoms with Gasteiger partial charge in [-0.1, -0.05) is 31.2 Å². The van der Waals surface area contributed by atoms with Gasteiger partial charge in [0.15, 0.2) is 5.79 Å². The van der Waals surface area contributed by atoms with Crippen molar-refractivity contribution >= 4 is 11.8 Å². The van der Waals surface area contributed by atoms with Gasteiger partial charge in [-0.25, -0.2) is 0 Å². The standard InChI is InChI=1S/C24H30N2O2S/c1-5-17(2)25-16-19-10-11-21-23(18-12-14-24(27-3,28-4)15-13-18)29-22-9-7-6-8-20(22)26(19)21/h6-14,17,23,25H,5,15-16H2,1-4H3. The van der Waals surface area contributed by atoms with Gasteiger partial charge in [0.25, 0.3) is 0 Å². The summed E-state index contributed by atoms with van der Waals surface area (Å²) in [6.45, 7) is 5.32. The summed E-state index contributed by atoms with van der Waals surface area (Å²) >= 11 is 1.92. The van der Waals surface area contributed by atoms with Gasteiger partial charge < -0.3 is 19.4 Å². The zero-order valence-electron chi connectivity index (χ0n) is 17.6. The van der Waals surface area contributed by atoms with E-state index < -0.39 is 5.79 Å². The summed E-state index contributed by atoms with van der Waals surface area (Å²) in [5.74, 6) is -0.645. The van der Waals surface area contributed by atoms with E-state index in [0.717, 1.165) is 13.0 Å². The summed E-state index contributed by atoms with van der Waals surface area (Å²) in [5, 5.41) is 3.90. The molecule has 0 fully saturated rings. The van der Waals surface area contributed by atoms with Crippen molar-refractivity contribution in [2.45, 2.75) is 55.2 Å². The third-order valence-electron chi connectivity index (χ3n) is 6.00. The number of methoxy groups -OCH3 is 2. The molecule has 0 radical (unpaired) electrons. The highest BCUT2D eigenvalue weighted by Gasteiger charge is 2.33. The van der Waals surface area contributed by atoms with Crippen LogP contribution in [-0.2, 0) is 16.0 Å². The number of allylic oxidation sites excluding steroid dienone is 1. The van der Waals surface area contributed by atoms with Crippen LogP contribution < -0.4 is 5.32 Å². The first-order chi connectivity index (χ1) is 14.1. The number of nitrogens with one attached hydrogen (secondary N) is 1. The lowest BCUT2D eigenvalue weighted by Gasteiger charge is -2.33. The number of para-hydroxylation sites is 1. The lowest BCUT2D eigenvalue weighted by molar-refractivity contribution is -0.167. The fraction of sp³-hybridized carbons (Fsp3) is 0.417. The maximum Gasteiger partial charge on any atom is 0.190 e. The third kappa shape index (κ3) is 3.84. The molecule has 2 aromatic rings. The monoisotopic (exact) mass is 410 g/mol. The fourth-order valence-electron chi connectivity index (χ4n) is 3.92. The Morgan fingerprint density at radius 2 is 2.00 bits per heavy atom. The Hall–Kier alpha value is -1.79. The van der Waals surface area contributed by atoms with Crippen molar-refractivity contribution in [1.82, 2.24) is 9.88 Å². The normalized spacial score (nSPS) is 20.7. The van der Waals surface area contributed by atoms with E-state index in [-0.39, 0.29) is 5.25 Å². The van der Waals surface area contributed by atoms with E-state index in [9.17, 15) is 0 Å². The maximum absolute atomic E-state index is 5.58. The van der Waals surface area contributed by atoms with Crippen molar-refractivity contribution in [2.75, 3.05) is 14.2 Å². The average molecular weight is 411 g/mol. The molecule has 0 spiro atoms. The van der Waals surface area contributed by atoms with Crippen molar-refractivity contribution < 1.29 is 9.47 Å². The minimum absolute atomic E-state index is 0.255. The molecule has 29 heavy (non-hydrogen) atoms. The Morgan fingerprint density at radius 1 is 1.21 bits per heavy atom. The molecule has 1 aliphatic carbocycles. The molecule has 2 atom stereocenters. The minimum atomic E-state index is -0.645. The summed E-state index contributed by atoms with van der Waals surface area (Å²) in [7, 11) is 3.39. The van der Waals surface area contributed by atoms with Gasteiger partial charge in [0.05, 0.1) is 10.9 Å². The first kappa shape index (κ1) is 20.5. The van der Waals surface area contributed by atoms with E-state index in [2.05, 4.69) is 72.3 Å². The van der Waals surface area contributed by atoms with E-state index in [1.54, 1.807) is 14.2 Å². The van der Waals surface area contributed by atoms with Gasteiger partial charge >= 0.3 is 0 Å². The number of aromatic nitrogens is 1. The van der Waals surface area contributed by atoms with Crippen LogP contribution in [0.3, 0.4) is 0 Å². The zero-order chi connectivity index (χ0) is 20.4. The maximum atomic E-state index is 5.58. The van der Waals surface area contributed by atoms with Crippen molar-refractivity contribution in [3.05, 3.63) is 71.6 Å². The number of rotatable bonds is 7. The number of nitrogens with zero attached hydrogens (tertiary/aromatic N) is 1. The molecule has 0 saturated carbocycles. The van der Waals surface area contributed by atoms with Crippen LogP contribution >= 0.6 is 11.8 Å². The average Bonchev–Trinajstić information content (AvgIpc) is 3.21. The molecule has 0 amide bonds. The summed E-state index contributed by atoms with van der Waals surface area (Å²) in [6, 6.07) is 13.8. The van der Waals surface area contributed by atoms with Crippen LogP contribution in [0, 0.1) is 0 Å². The SMILES string of the molecule is CCC(C)NCc1ccc2n1-c1ccccc1SC2C1=CCC(OC)(OC)C=C1. The number of hydrogen-bond donors (Lipinski definition) is 1. The molecule has 1 N–H and O–H groups in total. The van der Waals surface area contributed by atoms with Gasteiger partial charge in [0, 0.05) is 49.5 Å². The number of fused-ring (bicyclic) bond motifs is 3. The second-order valence-electron chi connectivity index (χ2n) is 7.70. The Kier molecular flexibility index (Phi) is 6.02. The highest BCUT2D eigenvalue weighted by molar-refractivity contribution is 8.00. The van der Waals surface area contributed by atoms with Crippen LogP contribution in [0.5, 0.6) is 0 Å². The minimum Gasteiger partial charge on any atom is -0.349 e. The van der Waals surface area contributed by atoms with E-state index in [0.29, 0.717) is 12.5 Å². The molecule has 2 unspecified atom stereocenters. The first-order valence-corrected chi connectivity index (χ1v) is 11.2. The van der Waals surface area contributed by atoms with Crippen molar-refractivity contribution in [1.29, 1.82) is 0 Å². The lowest BCUT2D eigenvalue weighted by atomic mass is 9.98. The molecule has 154 valence electrons. The van der Waals surface area contributed by atoms with Crippen LogP contribution in [0.15, 0.2) is 65.1 Å². The van der Waals surface area contributed by atoms with E-state index in [1.165, 1.54) is 27.5 Å².